The first-order chi connectivity index (χ1) is 5.18. The lowest BCUT2D eigenvalue weighted by Gasteiger charge is -2.29. The quantitative estimate of drug-likeness (QED) is 0.369. The molecule has 1 aliphatic rings. The third-order valence-corrected chi connectivity index (χ3v) is 1.87. The van der Waals surface area contributed by atoms with E-state index in [1.54, 1.807) is 0 Å². The second kappa shape index (κ2) is 3.69. The number of piperidine rings is 1. The van der Waals surface area contributed by atoms with Crippen molar-refractivity contribution in [2.24, 2.45) is 5.73 Å². The Balaban J connectivity index is 2.28. The molecule has 0 radical (unpaired) electrons. The Morgan fingerprint density at radius 3 is 3.00 bits per heavy atom. The molecule has 0 spiro atoms. The number of aliphatic hydroxyl groups excluding tert-OH is 1. The maximum Gasteiger partial charge on any atom is 0.105 e. The molecule has 4 N–H and O–H groups in total. The van der Waals surface area contributed by atoms with E-state index in [0.29, 0.717) is 13.1 Å². The van der Waals surface area contributed by atoms with Crippen LogP contribution in [0.4, 0.5) is 0 Å². The fraction of sp³-hybridized carbons (Fsp3) is 0.857. The molecule has 0 aromatic carbocycles. The zero-order valence-corrected chi connectivity index (χ0v) is 6.58. The lowest BCUT2D eigenvalue weighted by molar-refractivity contribution is 0.0789. The lowest BCUT2D eigenvalue weighted by atomic mass is 10.1. The molecule has 1 aliphatic heterocycles. The Kier molecular flexibility index (Phi) is 2.84. The second-order valence-corrected chi connectivity index (χ2v) is 3.06. The van der Waals surface area contributed by atoms with Gasteiger partial charge in [-0.1, -0.05) is 0 Å². The molecule has 1 unspecified atom stereocenters. The van der Waals surface area contributed by atoms with Gasteiger partial charge in [0, 0.05) is 6.54 Å². The molecule has 0 saturated carbocycles. The number of hydrogen-bond donors (Lipinski definition) is 3. The topological polar surface area (TPSA) is 73.3 Å². The van der Waals surface area contributed by atoms with Crippen LogP contribution in [0.15, 0.2) is 0 Å². The Morgan fingerprint density at radius 2 is 2.45 bits per heavy atom. The van der Waals surface area contributed by atoms with Crippen LogP contribution in [0, 0.1) is 5.41 Å². The predicted octanol–water partition coefficient (Wildman–Crippen LogP) is -0.621. The SMILES string of the molecule is N=C(N)CN1CCCC(O)C1. The van der Waals surface area contributed by atoms with Gasteiger partial charge >= 0.3 is 0 Å². The summed E-state index contributed by atoms with van der Waals surface area (Å²) < 4.78 is 0. The van der Waals surface area contributed by atoms with Gasteiger partial charge in [0.2, 0.25) is 0 Å². The molecular weight excluding hydrogens is 142 g/mol. The molecule has 4 nitrogen and oxygen atoms in total. The maximum absolute atomic E-state index is 9.24. The molecule has 1 rings (SSSR count). The van der Waals surface area contributed by atoms with E-state index in [4.69, 9.17) is 11.1 Å². The van der Waals surface area contributed by atoms with Gasteiger partial charge in [-0.05, 0) is 19.4 Å². The number of likely N-dealkylation sites (tertiary alicyclic amines) is 1. The summed E-state index contributed by atoms with van der Waals surface area (Å²) in [4.78, 5) is 2.01. The van der Waals surface area contributed by atoms with Crippen LogP contribution >= 0.6 is 0 Å². The molecule has 0 bridgehead atoms. The molecule has 0 aromatic heterocycles. The highest BCUT2D eigenvalue weighted by Crippen LogP contribution is 2.08. The summed E-state index contributed by atoms with van der Waals surface area (Å²) in [5, 5.41) is 16.3. The van der Waals surface area contributed by atoms with Crippen molar-refractivity contribution < 1.29 is 5.11 Å². The number of amidine groups is 1. The largest absolute Gasteiger partial charge is 0.392 e. The summed E-state index contributed by atoms with van der Waals surface area (Å²) in [6.07, 6.45) is 1.67. The minimum absolute atomic E-state index is 0.180. The van der Waals surface area contributed by atoms with E-state index in [0.717, 1.165) is 19.4 Å². The molecule has 0 aliphatic carbocycles. The predicted molar refractivity (Wildman–Crippen MR) is 43.6 cm³/mol. The Morgan fingerprint density at radius 1 is 1.73 bits per heavy atom. The number of nitrogens with one attached hydrogen (secondary N) is 1. The van der Waals surface area contributed by atoms with Crippen LogP contribution in [-0.2, 0) is 0 Å². The van der Waals surface area contributed by atoms with Crippen LogP contribution < -0.4 is 5.73 Å². The zero-order valence-electron chi connectivity index (χ0n) is 6.58. The van der Waals surface area contributed by atoms with Crippen molar-refractivity contribution in [3.8, 4) is 0 Å². The number of nitrogens with zero attached hydrogens (tertiary/aromatic N) is 1. The summed E-state index contributed by atoms with van der Waals surface area (Å²) in [7, 11) is 0. The third kappa shape index (κ3) is 2.86. The van der Waals surface area contributed by atoms with Gasteiger partial charge in [-0.25, -0.2) is 0 Å². The fourth-order valence-electron chi connectivity index (χ4n) is 1.42. The van der Waals surface area contributed by atoms with Crippen molar-refractivity contribution >= 4 is 5.84 Å². The Labute approximate surface area is 66.5 Å². The van der Waals surface area contributed by atoms with Gasteiger partial charge in [0.15, 0.2) is 0 Å². The van der Waals surface area contributed by atoms with Crippen molar-refractivity contribution in [1.82, 2.24) is 4.90 Å². The molecule has 1 saturated heterocycles. The molecule has 4 heteroatoms. The highest BCUT2D eigenvalue weighted by atomic mass is 16.3. The van der Waals surface area contributed by atoms with Gasteiger partial charge in [0.05, 0.1) is 12.6 Å². The first-order valence-corrected chi connectivity index (χ1v) is 3.92. The van der Waals surface area contributed by atoms with Crippen LogP contribution in [0.2, 0.25) is 0 Å². The van der Waals surface area contributed by atoms with Crippen LogP contribution in [0.25, 0.3) is 0 Å². The number of hydrogen-bond acceptors (Lipinski definition) is 3. The van der Waals surface area contributed by atoms with Gasteiger partial charge in [0.1, 0.15) is 5.84 Å². The summed E-state index contributed by atoms with van der Waals surface area (Å²) in [5.74, 6) is 0.180. The highest BCUT2D eigenvalue weighted by Gasteiger charge is 2.17. The molecule has 1 fully saturated rings. The van der Waals surface area contributed by atoms with Crippen molar-refractivity contribution in [2.75, 3.05) is 19.6 Å². The van der Waals surface area contributed by atoms with Crippen LogP contribution in [0.1, 0.15) is 12.8 Å². The van der Waals surface area contributed by atoms with Gasteiger partial charge in [-0.15, -0.1) is 0 Å². The van der Waals surface area contributed by atoms with E-state index in [-0.39, 0.29) is 11.9 Å². The molecule has 64 valence electrons. The van der Waals surface area contributed by atoms with Gasteiger partial charge < -0.3 is 10.8 Å². The van der Waals surface area contributed by atoms with Crippen molar-refractivity contribution in [3.63, 3.8) is 0 Å². The van der Waals surface area contributed by atoms with E-state index in [1.807, 2.05) is 4.90 Å². The van der Waals surface area contributed by atoms with E-state index in [2.05, 4.69) is 0 Å². The normalized spacial score (nSPS) is 26.8. The third-order valence-electron chi connectivity index (χ3n) is 1.87. The van der Waals surface area contributed by atoms with Crippen molar-refractivity contribution in [2.45, 2.75) is 18.9 Å². The molecule has 0 aromatic rings. The minimum atomic E-state index is -0.219. The van der Waals surface area contributed by atoms with Crippen LogP contribution in [-0.4, -0.2) is 41.6 Å². The second-order valence-electron chi connectivity index (χ2n) is 3.06. The van der Waals surface area contributed by atoms with Gasteiger partial charge in [-0.3, -0.25) is 10.3 Å². The van der Waals surface area contributed by atoms with E-state index in [9.17, 15) is 5.11 Å². The Bertz CT molecular complexity index is 149. The minimum Gasteiger partial charge on any atom is -0.392 e. The average Bonchev–Trinajstić information content (AvgIpc) is 1.85. The van der Waals surface area contributed by atoms with Crippen LogP contribution in [0.5, 0.6) is 0 Å². The van der Waals surface area contributed by atoms with Crippen molar-refractivity contribution in [3.05, 3.63) is 0 Å². The number of nitrogens with two attached hydrogens (primary N) is 1. The molecule has 1 atom stereocenters. The fourth-order valence-corrected chi connectivity index (χ4v) is 1.42. The zero-order chi connectivity index (χ0) is 8.27. The summed E-state index contributed by atoms with van der Waals surface area (Å²) in [6, 6.07) is 0. The van der Waals surface area contributed by atoms with Crippen LogP contribution in [0.3, 0.4) is 0 Å². The number of β-amino-alcohol motifs (C(OH)–C–C–N with tert-alkyl or cyclic N) is 1. The smallest absolute Gasteiger partial charge is 0.105 e. The standard InChI is InChI=1S/C7H15N3O/c8-7(9)5-10-3-1-2-6(11)4-10/h6,11H,1-5H2,(H3,8,9). The highest BCUT2D eigenvalue weighted by molar-refractivity contribution is 5.78. The Hall–Kier alpha value is -0.610. The molecular formula is C7H15N3O. The van der Waals surface area contributed by atoms with E-state index >= 15 is 0 Å². The molecule has 0 amide bonds. The monoisotopic (exact) mass is 157 g/mol. The van der Waals surface area contributed by atoms with E-state index in [1.165, 1.54) is 0 Å². The molecule has 1 heterocycles. The molecule has 11 heavy (non-hydrogen) atoms. The van der Waals surface area contributed by atoms with Gasteiger partial charge in [-0.2, -0.15) is 0 Å². The van der Waals surface area contributed by atoms with Crippen molar-refractivity contribution in [1.29, 1.82) is 5.41 Å². The summed E-state index contributed by atoms with van der Waals surface area (Å²) in [5.41, 5.74) is 5.23. The van der Waals surface area contributed by atoms with Gasteiger partial charge in [0.25, 0.3) is 0 Å². The first kappa shape index (κ1) is 8.49. The van der Waals surface area contributed by atoms with E-state index < -0.39 is 0 Å². The lowest BCUT2D eigenvalue weighted by Crippen LogP contribution is -2.42. The average molecular weight is 157 g/mol. The summed E-state index contributed by atoms with van der Waals surface area (Å²) >= 11 is 0. The first-order valence-electron chi connectivity index (χ1n) is 3.92. The number of rotatable bonds is 2. The summed E-state index contributed by atoms with van der Waals surface area (Å²) in [6.45, 7) is 2.12. The maximum atomic E-state index is 9.24. The number of aliphatic hydroxyl groups is 1.